The number of fused-ring (bicyclic) bond motifs is 2. The lowest BCUT2D eigenvalue weighted by Crippen LogP contribution is -2.50. The maximum atomic E-state index is 14.2. The fraction of sp³-hybridized carbons (Fsp3) is 0.222. The third-order valence-electron chi connectivity index (χ3n) is 6.42. The monoisotopic (exact) mass is 571 g/mol. The Balaban J connectivity index is 2.06. The molecule has 4 aromatic rings. The Hall–Kier alpha value is -3.71. The number of aliphatic hydroxyl groups is 1. The molecule has 0 radical (unpaired) electrons. The van der Waals surface area contributed by atoms with Crippen molar-refractivity contribution in [2.24, 2.45) is 0 Å². The van der Waals surface area contributed by atoms with Crippen molar-refractivity contribution in [1.82, 2.24) is 3.71 Å². The van der Waals surface area contributed by atoms with Gasteiger partial charge in [-0.1, -0.05) is 52.2 Å². The quantitative estimate of drug-likeness (QED) is 0.311. The first kappa shape index (κ1) is 28.3. The number of nitrogens with zero attached hydrogens (tertiary/aromatic N) is 3. The molecule has 0 saturated heterocycles. The summed E-state index contributed by atoms with van der Waals surface area (Å²) in [7, 11) is -2.99. The van der Waals surface area contributed by atoms with E-state index < -0.39 is 48.5 Å². The summed E-state index contributed by atoms with van der Waals surface area (Å²) in [5, 5.41) is 21.3. The van der Waals surface area contributed by atoms with E-state index >= 15 is 0 Å². The van der Waals surface area contributed by atoms with E-state index in [4.69, 9.17) is 0 Å². The number of sulfonamides is 2. The molecule has 0 saturated carbocycles. The van der Waals surface area contributed by atoms with Gasteiger partial charge in [-0.15, -0.1) is 0 Å². The Morgan fingerprint density at radius 1 is 0.667 bits per heavy atom. The van der Waals surface area contributed by atoms with Gasteiger partial charge in [0.2, 0.25) is 0 Å². The summed E-state index contributed by atoms with van der Waals surface area (Å²) in [6.07, 6.45) is 0. The number of hydrogen-bond donors (Lipinski definition) is 2. The van der Waals surface area contributed by atoms with E-state index in [1.165, 1.54) is 36.4 Å². The van der Waals surface area contributed by atoms with Crippen molar-refractivity contribution < 1.29 is 31.8 Å². The Morgan fingerprint density at radius 3 is 1.36 bits per heavy atom. The summed E-state index contributed by atoms with van der Waals surface area (Å²) >= 11 is 0. The van der Waals surface area contributed by atoms with Crippen LogP contribution >= 0.6 is 0 Å². The molecule has 4 aromatic carbocycles. The summed E-state index contributed by atoms with van der Waals surface area (Å²) in [4.78, 5) is 14.9. The topological polar surface area (TPSA) is 136 Å². The lowest BCUT2D eigenvalue weighted by molar-refractivity contribution is -0.141. The van der Waals surface area contributed by atoms with Crippen molar-refractivity contribution in [3.8, 4) is 0 Å². The number of carboxylic acids is 1. The Labute approximate surface area is 227 Å². The zero-order valence-electron chi connectivity index (χ0n) is 21.8. The van der Waals surface area contributed by atoms with E-state index in [0.29, 0.717) is 22.1 Å². The molecule has 0 aliphatic carbocycles. The smallest absolute Gasteiger partial charge is 0.325 e. The zero-order chi connectivity index (χ0) is 28.7. The van der Waals surface area contributed by atoms with Crippen molar-refractivity contribution in [2.75, 3.05) is 44.6 Å². The molecule has 4 rings (SSSR count). The maximum Gasteiger partial charge on any atom is 0.325 e. The number of benzene rings is 4. The van der Waals surface area contributed by atoms with Crippen LogP contribution in [0, 0.1) is 0 Å². The summed E-state index contributed by atoms with van der Waals surface area (Å²) in [6.45, 7) is -1.27. The minimum absolute atomic E-state index is 0.0729. The third kappa shape index (κ3) is 4.80. The Morgan fingerprint density at radius 2 is 1.03 bits per heavy atom. The molecule has 0 aromatic heterocycles. The van der Waals surface area contributed by atoms with Crippen LogP contribution in [-0.4, -0.2) is 77.6 Å². The lowest BCUT2D eigenvalue weighted by Gasteiger charge is -2.28. The molecule has 1 unspecified atom stereocenters. The molecule has 0 heterocycles. The van der Waals surface area contributed by atoms with Crippen LogP contribution in [0.5, 0.6) is 0 Å². The largest absolute Gasteiger partial charge is 0.480 e. The highest BCUT2D eigenvalue weighted by Gasteiger charge is 2.46. The molecule has 1 atom stereocenters. The van der Waals surface area contributed by atoms with Crippen molar-refractivity contribution >= 4 is 58.9 Å². The van der Waals surface area contributed by atoms with Gasteiger partial charge in [-0.25, -0.2) is 16.8 Å². The van der Waals surface area contributed by atoms with Crippen LogP contribution in [0.4, 0.5) is 11.4 Å². The second-order valence-electron chi connectivity index (χ2n) is 9.32. The van der Waals surface area contributed by atoms with Crippen molar-refractivity contribution in [3.63, 3.8) is 0 Å². The minimum Gasteiger partial charge on any atom is -0.480 e. The summed E-state index contributed by atoms with van der Waals surface area (Å²) in [5.74, 6) is -1.81. The second-order valence-corrected chi connectivity index (χ2v) is 13.1. The SMILES string of the molecule is CN(C)c1cccc2c(S(=O)(=O)N(C(CO)C(=O)O)S(=O)(=O)c3cccc4c(N(C)C)cccc34)cccc12. The molecule has 0 aliphatic heterocycles. The van der Waals surface area contributed by atoms with Gasteiger partial charge in [-0.3, -0.25) is 4.79 Å². The molecule has 0 aliphatic rings. The Bertz CT molecular complexity index is 1670. The fourth-order valence-electron chi connectivity index (χ4n) is 4.65. The molecule has 206 valence electrons. The highest BCUT2D eigenvalue weighted by atomic mass is 32.3. The first-order valence-electron chi connectivity index (χ1n) is 11.9. The van der Waals surface area contributed by atoms with Crippen LogP contribution in [-0.2, 0) is 24.8 Å². The Kier molecular flexibility index (Phi) is 7.59. The molecule has 0 amide bonds. The maximum absolute atomic E-state index is 14.2. The number of carbonyl (C=O) groups is 1. The van der Waals surface area contributed by atoms with Crippen LogP contribution in [0.3, 0.4) is 0 Å². The lowest BCUT2D eigenvalue weighted by atomic mass is 10.1. The third-order valence-corrected chi connectivity index (χ3v) is 10.9. The first-order valence-corrected chi connectivity index (χ1v) is 14.7. The highest BCUT2D eigenvalue weighted by Crippen LogP contribution is 2.37. The van der Waals surface area contributed by atoms with Crippen LogP contribution in [0.2, 0.25) is 0 Å². The standard InChI is InChI=1S/C27H29N3O7S2/c1-28(2)22-13-5-11-20-18(22)9-7-15-25(20)38(34,35)30(24(17-31)27(32)33)39(36,37)26-16-8-10-19-21(26)12-6-14-23(19)29(3)4/h5-16,24,31H,17H2,1-4H3,(H,32,33). The average Bonchev–Trinajstić information content (AvgIpc) is 2.89. The number of hydrogen-bond acceptors (Lipinski definition) is 8. The normalized spacial score (nSPS) is 13.1. The molecule has 0 spiro atoms. The molecular weight excluding hydrogens is 542 g/mol. The number of aliphatic carboxylic acids is 1. The minimum atomic E-state index is -5.05. The van der Waals surface area contributed by atoms with Gasteiger partial charge in [-0.2, -0.15) is 0 Å². The summed E-state index contributed by atoms with van der Waals surface area (Å²) < 4.78 is 56.8. The number of carboxylic acid groups (broad SMARTS) is 1. The van der Waals surface area contributed by atoms with E-state index in [0.717, 1.165) is 0 Å². The van der Waals surface area contributed by atoms with E-state index in [1.807, 2.05) is 0 Å². The first-order chi connectivity index (χ1) is 18.3. The molecule has 10 nitrogen and oxygen atoms in total. The van der Waals surface area contributed by atoms with Gasteiger partial charge >= 0.3 is 5.97 Å². The molecule has 2 N–H and O–H groups in total. The van der Waals surface area contributed by atoms with Gasteiger partial charge in [0, 0.05) is 61.1 Å². The summed E-state index contributed by atoms with van der Waals surface area (Å²) in [5.41, 5.74) is 1.36. The molecule has 39 heavy (non-hydrogen) atoms. The zero-order valence-corrected chi connectivity index (χ0v) is 23.4. The number of anilines is 2. The number of rotatable bonds is 9. The number of aliphatic hydroxyl groups excluding tert-OH is 1. The van der Waals surface area contributed by atoms with Crippen molar-refractivity contribution in [2.45, 2.75) is 15.8 Å². The van der Waals surface area contributed by atoms with Gasteiger partial charge in [0.05, 0.1) is 16.4 Å². The average molecular weight is 572 g/mol. The van der Waals surface area contributed by atoms with Crippen LogP contribution in [0.1, 0.15) is 0 Å². The highest BCUT2D eigenvalue weighted by molar-refractivity contribution is 8.04. The van der Waals surface area contributed by atoms with Gasteiger partial charge < -0.3 is 20.0 Å². The van der Waals surface area contributed by atoms with Gasteiger partial charge in [-0.05, 0) is 24.3 Å². The molecular formula is C27H29N3O7S2. The van der Waals surface area contributed by atoms with E-state index in [1.54, 1.807) is 74.4 Å². The van der Waals surface area contributed by atoms with Crippen molar-refractivity contribution in [3.05, 3.63) is 72.8 Å². The van der Waals surface area contributed by atoms with Crippen LogP contribution in [0.15, 0.2) is 82.6 Å². The van der Waals surface area contributed by atoms with Gasteiger partial charge in [0.1, 0.15) is 0 Å². The fourth-order valence-corrected chi connectivity index (χ4v) is 8.95. The predicted octanol–water partition coefficient (Wildman–Crippen LogP) is 2.95. The van der Waals surface area contributed by atoms with E-state index in [2.05, 4.69) is 0 Å². The van der Waals surface area contributed by atoms with E-state index in [9.17, 15) is 31.8 Å². The van der Waals surface area contributed by atoms with Crippen LogP contribution in [0.25, 0.3) is 21.5 Å². The van der Waals surface area contributed by atoms with Crippen molar-refractivity contribution in [1.29, 1.82) is 0 Å². The predicted molar refractivity (Wildman–Crippen MR) is 151 cm³/mol. The molecule has 0 fully saturated rings. The van der Waals surface area contributed by atoms with Crippen LogP contribution < -0.4 is 9.80 Å². The molecule has 0 bridgehead atoms. The van der Waals surface area contributed by atoms with E-state index in [-0.39, 0.29) is 14.5 Å². The second kappa shape index (κ2) is 10.5. The van der Waals surface area contributed by atoms with Gasteiger partial charge in [0.15, 0.2) is 6.04 Å². The molecule has 12 heteroatoms. The summed E-state index contributed by atoms with van der Waals surface area (Å²) in [6, 6.07) is 16.3. The van der Waals surface area contributed by atoms with Gasteiger partial charge in [0.25, 0.3) is 20.0 Å².